The fourth-order valence-electron chi connectivity index (χ4n) is 2.79. The summed E-state index contributed by atoms with van der Waals surface area (Å²) in [5.74, 6) is 2.32. The van der Waals surface area contributed by atoms with E-state index in [0.29, 0.717) is 22.3 Å². The van der Waals surface area contributed by atoms with Gasteiger partial charge in [-0.05, 0) is 35.9 Å². The normalized spacial score (nSPS) is 18.5. The third-order valence-corrected chi connectivity index (χ3v) is 6.00. The third-order valence-electron chi connectivity index (χ3n) is 4.00. The van der Waals surface area contributed by atoms with Crippen LogP contribution >= 0.6 is 35.0 Å². The Hall–Kier alpha value is -1.76. The fourth-order valence-corrected chi connectivity index (χ4v) is 4.33. The summed E-state index contributed by atoms with van der Waals surface area (Å²) in [6.07, 6.45) is 0. The molecule has 4 rings (SSSR count). The number of carbonyl (C=O) groups excluding carboxylic acids is 1. The van der Waals surface area contributed by atoms with Crippen molar-refractivity contribution in [2.75, 3.05) is 24.4 Å². The van der Waals surface area contributed by atoms with Crippen molar-refractivity contribution in [1.82, 2.24) is 4.90 Å². The van der Waals surface area contributed by atoms with Crippen molar-refractivity contribution >= 4 is 46.7 Å². The average Bonchev–Trinajstić information content (AvgIpc) is 3.26. The molecule has 2 aliphatic rings. The number of hydrogen-bond donors (Lipinski definition) is 1. The predicted octanol–water partition coefficient (Wildman–Crippen LogP) is 5.00. The van der Waals surface area contributed by atoms with E-state index in [2.05, 4.69) is 5.32 Å². The number of halogens is 2. The first-order chi connectivity index (χ1) is 12.1. The van der Waals surface area contributed by atoms with Crippen molar-refractivity contribution < 1.29 is 14.3 Å². The lowest BCUT2D eigenvalue weighted by molar-refractivity contribution is 0.174. The molecule has 2 aromatic carbocycles. The van der Waals surface area contributed by atoms with Crippen molar-refractivity contribution in [3.05, 3.63) is 52.0 Å². The molecule has 1 unspecified atom stereocenters. The Kier molecular flexibility index (Phi) is 4.58. The first-order valence-electron chi connectivity index (χ1n) is 7.65. The van der Waals surface area contributed by atoms with Crippen molar-refractivity contribution in [1.29, 1.82) is 0 Å². The van der Waals surface area contributed by atoms with E-state index >= 15 is 0 Å². The molecule has 5 nitrogen and oxygen atoms in total. The van der Waals surface area contributed by atoms with Crippen LogP contribution in [0, 0.1) is 0 Å². The van der Waals surface area contributed by atoms with E-state index in [1.54, 1.807) is 34.9 Å². The van der Waals surface area contributed by atoms with Crippen LogP contribution in [0.1, 0.15) is 10.9 Å². The number of rotatable bonds is 2. The zero-order valence-corrected chi connectivity index (χ0v) is 15.3. The molecule has 2 aliphatic heterocycles. The van der Waals surface area contributed by atoms with Crippen LogP contribution in [-0.2, 0) is 0 Å². The molecule has 1 fully saturated rings. The summed E-state index contributed by atoms with van der Waals surface area (Å²) < 4.78 is 10.8. The van der Waals surface area contributed by atoms with E-state index in [0.717, 1.165) is 22.8 Å². The lowest BCUT2D eigenvalue weighted by Crippen LogP contribution is -2.34. The molecular weight excluding hydrogens is 383 g/mol. The van der Waals surface area contributed by atoms with Gasteiger partial charge in [0.2, 0.25) is 6.79 Å². The molecule has 0 saturated carbocycles. The van der Waals surface area contributed by atoms with Crippen LogP contribution in [0.25, 0.3) is 0 Å². The molecule has 1 N–H and O–H groups in total. The van der Waals surface area contributed by atoms with E-state index in [-0.39, 0.29) is 18.2 Å². The second-order valence-electron chi connectivity index (χ2n) is 5.59. The van der Waals surface area contributed by atoms with Crippen molar-refractivity contribution in [3.8, 4) is 11.5 Å². The minimum absolute atomic E-state index is 0.0720. The number of hydrogen-bond acceptors (Lipinski definition) is 4. The molecule has 2 heterocycles. The van der Waals surface area contributed by atoms with Gasteiger partial charge in [-0.15, -0.1) is 11.8 Å². The summed E-state index contributed by atoms with van der Waals surface area (Å²) in [7, 11) is 0. The monoisotopic (exact) mass is 396 g/mol. The van der Waals surface area contributed by atoms with E-state index in [4.69, 9.17) is 32.7 Å². The van der Waals surface area contributed by atoms with Crippen molar-refractivity contribution in [3.63, 3.8) is 0 Å². The van der Waals surface area contributed by atoms with Gasteiger partial charge in [0.05, 0.1) is 10.0 Å². The van der Waals surface area contributed by atoms with E-state index in [1.165, 1.54) is 0 Å². The smallest absolute Gasteiger partial charge is 0.323 e. The number of amides is 2. The van der Waals surface area contributed by atoms with Crippen LogP contribution in [0.2, 0.25) is 10.0 Å². The maximum atomic E-state index is 12.7. The molecule has 25 heavy (non-hydrogen) atoms. The highest BCUT2D eigenvalue weighted by Crippen LogP contribution is 2.42. The van der Waals surface area contributed by atoms with Crippen molar-refractivity contribution in [2.45, 2.75) is 5.37 Å². The lowest BCUT2D eigenvalue weighted by Gasteiger charge is -2.24. The molecule has 0 spiro atoms. The summed E-state index contributed by atoms with van der Waals surface area (Å²) in [6.45, 7) is 0.898. The van der Waals surface area contributed by atoms with Gasteiger partial charge in [0.25, 0.3) is 0 Å². The molecule has 2 amide bonds. The van der Waals surface area contributed by atoms with Crippen LogP contribution in [0.4, 0.5) is 10.5 Å². The number of nitrogens with one attached hydrogen (secondary N) is 1. The Morgan fingerprint density at radius 1 is 1.12 bits per heavy atom. The second-order valence-corrected chi connectivity index (χ2v) is 7.59. The van der Waals surface area contributed by atoms with Crippen LogP contribution in [0.3, 0.4) is 0 Å². The topological polar surface area (TPSA) is 50.8 Å². The summed E-state index contributed by atoms with van der Waals surface area (Å²) in [6, 6.07) is 10.6. The standard InChI is InChI=1S/C17H14Cl2N2O3S/c18-12-3-2-11(8-13(12)19)20-17(22)21-5-6-25-16(21)10-1-4-14-15(7-10)24-9-23-14/h1-4,7-8,16H,5-6,9H2,(H,20,22). The molecular formula is C17H14Cl2N2O3S. The first kappa shape index (κ1) is 16.7. The number of benzene rings is 2. The van der Waals surface area contributed by atoms with Gasteiger partial charge < -0.3 is 19.7 Å². The highest BCUT2D eigenvalue weighted by molar-refractivity contribution is 7.99. The molecule has 0 aliphatic carbocycles. The zero-order valence-electron chi connectivity index (χ0n) is 13.0. The van der Waals surface area contributed by atoms with E-state index in [1.807, 2.05) is 18.2 Å². The van der Waals surface area contributed by atoms with Gasteiger partial charge >= 0.3 is 6.03 Å². The number of thioether (sulfide) groups is 1. The highest BCUT2D eigenvalue weighted by atomic mass is 35.5. The van der Waals surface area contributed by atoms with Crippen LogP contribution in [-0.4, -0.2) is 30.0 Å². The Bertz CT molecular complexity index is 834. The molecule has 0 radical (unpaired) electrons. The second kappa shape index (κ2) is 6.86. The van der Waals surface area contributed by atoms with Gasteiger partial charge in [-0.1, -0.05) is 29.3 Å². The van der Waals surface area contributed by atoms with E-state index < -0.39 is 0 Å². The Morgan fingerprint density at radius 3 is 2.80 bits per heavy atom. The maximum absolute atomic E-state index is 12.7. The first-order valence-corrected chi connectivity index (χ1v) is 9.46. The van der Waals surface area contributed by atoms with Gasteiger partial charge in [-0.3, -0.25) is 0 Å². The molecule has 8 heteroatoms. The van der Waals surface area contributed by atoms with Crippen LogP contribution in [0.15, 0.2) is 36.4 Å². The van der Waals surface area contributed by atoms with Gasteiger partial charge in [0.1, 0.15) is 5.37 Å². The largest absolute Gasteiger partial charge is 0.454 e. The molecule has 1 atom stereocenters. The summed E-state index contributed by atoms with van der Waals surface area (Å²) in [5.41, 5.74) is 1.62. The summed E-state index contributed by atoms with van der Waals surface area (Å²) >= 11 is 13.6. The molecule has 0 aromatic heterocycles. The average molecular weight is 397 g/mol. The summed E-state index contributed by atoms with van der Waals surface area (Å²) in [5, 5.41) is 3.67. The van der Waals surface area contributed by atoms with Crippen LogP contribution in [0.5, 0.6) is 11.5 Å². The number of ether oxygens (including phenoxy) is 2. The quantitative estimate of drug-likeness (QED) is 0.775. The van der Waals surface area contributed by atoms with Gasteiger partial charge in [0, 0.05) is 18.0 Å². The van der Waals surface area contributed by atoms with Gasteiger partial charge in [-0.25, -0.2) is 4.79 Å². The third kappa shape index (κ3) is 3.34. The molecule has 130 valence electrons. The van der Waals surface area contributed by atoms with Crippen molar-refractivity contribution in [2.24, 2.45) is 0 Å². The number of urea groups is 1. The number of nitrogens with zero attached hydrogens (tertiary/aromatic N) is 1. The predicted molar refractivity (Wildman–Crippen MR) is 100.0 cm³/mol. The maximum Gasteiger partial charge on any atom is 0.323 e. The SMILES string of the molecule is O=C(Nc1ccc(Cl)c(Cl)c1)N1CCSC1c1ccc2c(c1)OCO2. The number of carbonyl (C=O) groups is 1. The van der Waals surface area contributed by atoms with E-state index in [9.17, 15) is 4.79 Å². The Balaban J connectivity index is 1.52. The lowest BCUT2D eigenvalue weighted by atomic mass is 10.2. The molecule has 1 saturated heterocycles. The van der Waals surface area contributed by atoms with Gasteiger partial charge in [0.15, 0.2) is 11.5 Å². The number of anilines is 1. The fraction of sp³-hybridized carbons (Fsp3) is 0.235. The van der Waals surface area contributed by atoms with Gasteiger partial charge in [-0.2, -0.15) is 0 Å². The molecule has 2 aromatic rings. The minimum Gasteiger partial charge on any atom is -0.454 e. The zero-order chi connectivity index (χ0) is 17.4. The van der Waals surface area contributed by atoms with Crippen LogP contribution < -0.4 is 14.8 Å². The Labute approximate surface area is 159 Å². The number of fused-ring (bicyclic) bond motifs is 1. The summed E-state index contributed by atoms with van der Waals surface area (Å²) in [4.78, 5) is 14.5. The molecule has 0 bridgehead atoms. The Morgan fingerprint density at radius 2 is 1.96 bits per heavy atom. The highest BCUT2D eigenvalue weighted by Gasteiger charge is 2.32. The minimum atomic E-state index is -0.175.